The maximum Gasteiger partial charge on any atom is 0.252 e. The topological polar surface area (TPSA) is 55.1 Å². The summed E-state index contributed by atoms with van der Waals surface area (Å²) in [5, 5.41) is 2.67. The molecule has 1 atom stereocenters. The molecule has 2 rings (SSSR count). The van der Waals surface area contributed by atoms with Crippen LogP contribution in [-0.2, 0) is 0 Å². The summed E-state index contributed by atoms with van der Waals surface area (Å²) in [5.74, 6) is -0.618. The minimum absolute atomic E-state index is 0.0510. The number of carbonyl (C=O) groups excluding carboxylic acids is 1. The molecule has 1 unspecified atom stereocenters. The Balaban J connectivity index is 2.01. The van der Waals surface area contributed by atoms with Crippen LogP contribution in [0.4, 0.5) is 4.39 Å². The van der Waals surface area contributed by atoms with Crippen molar-refractivity contribution in [2.45, 2.75) is 18.9 Å². The van der Waals surface area contributed by atoms with Gasteiger partial charge in [-0.1, -0.05) is 23.2 Å². The summed E-state index contributed by atoms with van der Waals surface area (Å²) in [6.07, 6.45) is 2.21. The smallest absolute Gasteiger partial charge is 0.252 e. The zero-order valence-corrected chi connectivity index (χ0v) is 11.1. The first-order chi connectivity index (χ1) is 8.49. The Morgan fingerprint density at radius 3 is 2.72 bits per heavy atom. The third-order valence-corrected chi connectivity index (χ3v) is 3.58. The third kappa shape index (κ3) is 3.13. The van der Waals surface area contributed by atoms with E-state index in [1.807, 2.05) is 0 Å². The van der Waals surface area contributed by atoms with Crippen LogP contribution in [0.3, 0.4) is 0 Å². The maximum atomic E-state index is 13.3. The van der Waals surface area contributed by atoms with Gasteiger partial charge in [-0.05, 0) is 30.9 Å². The van der Waals surface area contributed by atoms with E-state index < -0.39 is 11.7 Å². The highest BCUT2D eigenvalue weighted by Crippen LogP contribution is 2.31. The molecule has 1 aromatic carbocycles. The van der Waals surface area contributed by atoms with Gasteiger partial charge in [0.15, 0.2) is 0 Å². The molecule has 18 heavy (non-hydrogen) atoms. The highest BCUT2D eigenvalue weighted by atomic mass is 35.5. The first kappa shape index (κ1) is 13.6. The van der Waals surface area contributed by atoms with Gasteiger partial charge in [0.2, 0.25) is 0 Å². The normalized spacial score (nSPS) is 16.4. The predicted octanol–water partition coefficient (Wildman–Crippen LogP) is 2.60. The Morgan fingerprint density at radius 1 is 1.44 bits per heavy atom. The van der Waals surface area contributed by atoms with Gasteiger partial charge in [-0.25, -0.2) is 4.39 Å². The van der Waals surface area contributed by atoms with Crippen molar-refractivity contribution in [3.05, 3.63) is 33.6 Å². The molecule has 1 fully saturated rings. The predicted molar refractivity (Wildman–Crippen MR) is 69.5 cm³/mol. The van der Waals surface area contributed by atoms with Gasteiger partial charge in [-0.3, -0.25) is 4.79 Å². The van der Waals surface area contributed by atoms with Gasteiger partial charge in [-0.15, -0.1) is 0 Å². The van der Waals surface area contributed by atoms with Crippen molar-refractivity contribution >= 4 is 29.1 Å². The molecule has 0 spiro atoms. The van der Waals surface area contributed by atoms with Crippen LogP contribution in [-0.4, -0.2) is 18.5 Å². The molecule has 0 bridgehead atoms. The van der Waals surface area contributed by atoms with Crippen LogP contribution >= 0.6 is 23.2 Å². The van der Waals surface area contributed by atoms with E-state index in [-0.39, 0.29) is 21.7 Å². The average molecular weight is 291 g/mol. The Labute approximate surface area is 114 Å². The standard InChI is InChI=1S/C12H13Cl2FN2O/c13-8-4-9(14)10(15)3-7(8)12(18)17-5-11(16)6-1-2-6/h3-4,6,11H,1-2,5,16H2,(H,17,18). The van der Waals surface area contributed by atoms with Crippen LogP contribution < -0.4 is 11.1 Å². The van der Waals surface area contributed by atoms with E-state index in [1.54, 1.807) is 0 Å². The summed E-state index contributed by atoms with van der Waals surface area (Å²) < 4.78 is 13.3. The molecule has 0 aliphatic heterocycles. The van der Waals surface area contributed by atoms with Crippen molar-refractivity contribution in [3.63, 3.8) is 0 Å². The lowest BCUT2D eigenvalue weighted by Gasteiger charge is -2.12. The van der Waals surface area contributed by atoms with Crippen LogP contribution in [0.1, 0.15) is 23.2 Å². The van der Waals surface area contributed by atoms with Gasteiger partial charge in [0.05, 0.1) is 15.6 Å². The second-order valence-corrected chi connectivity index (χ2v) is 5.27. The molecule has 0 radical (unpaired) electrons. The quantitative estimate of drug-likeness (QED) is 0.838. The molecule has 0 heterocycles. The minimum atomic E-state index is -0.669. The van der Waals surface area contributed by atoms with Gasteiger partial charge in [0, 0.05) is 12.6 Å². The van der Waals surface area contributed by atoms with Gasteiger partial charge in [0.1, 0.15) is 5.82 Å². The summed E-state index contributed by atoms with van der Waals surface area (Å²) in [6.45, 7) is 0.365. The minimum Gasteiger partial charge on any atom is -0.350 e. The first-order valence-corrected chi connectivity index (χ1v) is 6.43. The number of halogens is 3. The monoisotopic (exact) mass is 290 g/mol. The molecule has 1 saturated carbocycles. The van der Waals surface area contributed by atoms with Crippen LogP contribution in [0.2, 0.25) is 10.0 Å². The number of carbonyl (C=O) groups is 1. The fraction of sp³-hybridized carbons (Fsp3) is 0.417. The number of amides is 1. The number of nitrogens with two attached hydrogens (primary N) is 1. The fourth-order valence-electron chi connectivity index (χ4n) is 1.69. The molecule has 1 aliphatic carbocycles. The van der Waals surface area contributed by atoms with Crippen molar-refractivity contribution in [1.29, 1.82) is 0 Å². The number of nitrogens with one attached hydrogen (secondary N) is 1. The van der Waals surface area contributed by atoms with Crippen molar-refractivity contribution in [3.8, 4) is 0 Å². The number of benzene rings is 1. The maximum absolute atomic E-state index is 13.3. The third-order valence-electron chi connectivity index (χ3n) is 2.98. The molecule has 1 aliphatic rings. The van der Waals surface area contributed by atoms with Gasteiger partial charge in [0.25, 0.3) is 5.91 Å². The Hall–Kier alpha value is -0.840. The molecular formula is C12H13Cl2FN2O. The Bertz CT molecular complexity index is 477. The van der Waals surface area contributed by atoms with Crippen molar-refractivity contribution in [2.75, 3.05) is 6.54 Å². The summed E-state index contributed by atoms with van der Waals surface area (Å²) >= 11 is 11.4. The number of hydrogen-bond donors (Lipinski definition) is 2. The lowest BCUT2D eigenvalue weighted by Crippen LogP contribution is -2.38. The van der Waals surface area contributed by atoms with E-state index >= 15 is 0 Å². The van der Waals surface area contributed by atoms with Gasteiger partial charge in [-0.2, -0.15) is 0 Å². The Kier molecular flexibility index (Phi) is 4.10. The zero-order valence-electron chi connectivity index (χ0n) is 9.55. The molecule has 1 aromatic rings. The van der Waals surface area contributed by atoms with Crippen LogP contribution in [0, 0.1) is 11.7 Å². The Morgan fingerprint density at radius 2 is 2.11 bits per heavy atom. The summed E-state index contributed by atoms with van der Waals surface area (Å²) in [6, 6.07) is 2.20. The first-order valence-electron chi connectivity index (χ1n) is 5.67. The summed E-state index contributed by atoms with van der Waals surface area (Å²) in [7, 11) is 0. The van der Waals surface area contributed by atoms with Crippen molar-refractivity contribution in [1.82, 2.24) is 5.32 Å². The van der Waals surface area contributed by atoms with E-state index in [4.69, 9.17) is 28.9 Å². The SMILES string of the molecule is NC(CNC(=O)c1cc(F)c(Cl)cc1Cl)C1CC1. The van der Waals surface area contributed by atoms with E-state index in [0.29, 0.717) is 12.5 Å². The molecule has 0 aromatic heterocycles. The van der Waals surface area contributed by atoms with Crippen molar-refractivity contribution in [2.24, 2.45) is 11.7 Å². The van der Waals surface area contributed by atoms with Crippen LogP contribution in [0.15, 0.2) is 12.1 Å². The average Bonchev–Trinajstić information content (AvgIpc) is 3.14. The van der Waals surface area contributed by atoms with E-state index in [9.17, 15) is 9.18 Å². The number of hydrogen-bond acceptors (Lipinski definition) is 2. The lowest BCUT2D eigenvalue weighted by atomic mass is 10.1. The van der Waals surface area contributed by atoms with Crippen LogP contribution in [0.25, 0.3) is 0 Å². The van der Waals surface area contributed by atoms with E-state index in [1.165, 1.54) is 6.07 Å². The second kappa shape index (κ2) is 5.43. The zero-order chi connectivity index (χ0) is 13.3. The highest BCUT2D eigenvalue weighted by Gasteiger charge is 2.28. The molecule has 3 nitrogen and oxygen atoms in total. The highest BCUT2D eigenvalue weighted by molar-refractivity contribution is 6.36. The van der Waals surface area contributed by atoms with Crippen molar-refractivity contribution < 1.29 is 9.18 Å². The lowest BCUT2D eigenvalue weighted by molar-refractivity contribution is 0.0950. The summed E-state index contributed by atoms with van der Waals surface area (Å²) in [5.41, 5.74) is 5.93. The molecule has 98 valence electrons. The van der Waals surface area contributed by atoms with Gasteiger partial charge < -0.3 is 11.1 Å². The molecule has 3 N–H and O–H groups in total. The van der Waals surface area contributed by atoms with E-state index in [2.05, 4.69) is 5.32 Å². The molecule has 1 amide bonds. The fourth-order valence-corrected chi connectivity index (χ4v) is 2.16. The van der Waals surface area contributed by atoms with Crippen LogP contribution in [0.5, 0.6) is 0 Å². The largest absolute Gasteiger partial charge is 0.350 e. The van der Waals surface area contributed by atoms with E-state index in [0.717, 1.165) is 18.9 Å². The van der Waals surface area contributed by atoms with Gasteiger partial charge >= 0.3 is 0 Å². The second-order valence-electron chi connectivity index (χ2n) is 4.46. The summed E-state index contributed by atoms with van der Waals surface area (Å²) in [4.78, 5) is 11.8. The molecule has 6 heteroatoms. The molecular weight excluding hydrogens is 278 g/mol. The number of rotatable bonds is 4. The molecule has 0 saturated heterocycles.